The van der Waals surface area contributed by atoms with Crippen LogP contribution in [-0.4, -0.2) is 44.8 Å². The summed E-state index contributed by atoms with van der Waals surface area (Å²) in [6, 6.07) is 4.03. The fourth-order valence-electron chi connectivity index (χ4n) is 7.77. The first-order valence-corrected chi connectivity index (χ1v) is 15.9. The van der Waals surface area contributed by atoms with E-state index in [4.69, 9.17) is 0 Å². The Morgan fingerprint density at radius 3 is 2.46 bits per heavy atom. The van der Waals surface area contributed by atoms with Gasteiger partial charge in [0.05, 0.1) is 11.6 Å². The van der Waals surface area contributed by atoms with Crippen molar-refractivity contribution in [3.05, 3.63) is 35.0 Å². The zero-order chi connectivity index (χ0) is 29.7. The number of ketones is 3. The summed E-state index contributed by atoms with van der Waals surface area (Å²) in [4.78, 5) is 55.2. The van der Waals surface area contributed by atoms with E-state index >= 15 is 0 Å². The molecule has 222 valence electrons. The van der Waals surface area contributed by atoms with Gasteiger partial charge in [-0.25, -0.2) is 0 Å². The molecule has 2 fully saturated rings. The van der Waals surface area contributed by atoms with E-state index in [9.17, 15) is 19.2 Å². The second kappa shape index (κ2) is 11.1. The van der Waals surface area contributed by atoms with Gasteiger partial charge in [-0.05, 0) is 80.4 Å². The highest BCUT2D eigenvalue weighted by Crippen LogP contribution is 2.62. The number of carbonyl (C=O) groups excluding carboxylic acids is 4. The van der Waals surface area contributed by atoms with Crippen molar-refractivity contribution in [3.63, 3.8) is 0 Å². The van der Waals surface area contributed by atoms with Gasteiger partial charge in [0.25, 0.3) is 0 Å². The molecule has 1 amide bonds. The van der Waals surface area contributed by atoms with Crippen molar-refractivity contribution in [2.24, 2.45) is 16.7 Å². The predicted octanol–water partition coefficient (Wildman–Crippen LogP) is 6.87. The zero-order valence-corrected chi connectivity index (χ0v) is 26.0. The van der Waals surface area contributed by atoms with Gasteiger partial charge >= 0.3 is 0 Å². The summed E-state index contributed by atoms with van der Waals surface area (Å²) in [5, 5.41) is 0.937. The first kappa shape index (κ1) is 29.7. The number of hydrogen-bond donors (Lipinski definition) is 0. The molecule has 3 aliphatic rings. The molecule has 2 aliphatic heterocycles. The van der Waals surface area contributed by atoms with Crippen LogP contribution >= 0.6 is 0 Å². The van der Waals surface area contributed by atoms with E-state index < -0.39 is 6.04 Å². The maximum atomic E-state index is 14.1. The Kier molecular flexibility index (Phi) is 8.08. The summed E-state index contributed by atoms with van der Waals surface area (Å²) in [6.45, 7) is 12.2. The van der Waals surface area contributed by atoms with Crippen LogP contribution in [0.1, 0.15) is 121 Å². The largest absolute Gasteiger partial charge is 0.337 e. The first-order chi connectivity index (χ1) is 19.4. The smallest absolute Gasteiger partial charge is 0.243 e. The summed E-state index contributed by atoms with van der Waals surface area (Å²) in [7, 11) is 0. The summed E-state index contributed by atoms with van der Waals surface area (Å²) in [5.41, 5.74) is 3.57. The van der Waals surface area contributed by atoms with E-state index in [0.717, 1.165) is 62.3 Å². The number of nitrogens with zero attached hydrogens (tertiary/aromatic N) is 2. The van der Waals surface area contributed by atoms with Crippen molar-refractivity contribution in [2.75, 3.05) is 0 Å². The monoisotopic (exact) mass is 560 g/mol. The molecule has 1 aromatic heterocycles. The van der Waals surface area contributed by atoms with Gasteiger partial charge in [0.2, 0.25) is 5.91 Å². The van der Waals surface area contributed by atoms with E-state index in [1.807, 2.05) is 22.6 Å². The molecule has 1 aliphatic carbocycles. The maximum absolute atomic E-state index is 14.1. The van der Waals surface area contributed by atoms with E-state index in [-0.39, 0.29) is 40.9 Å². The maximum Gasteiger partial charge on any atom is 0.243 e. The van der Waals surface area contributed by atoms with Crippen LogP contribution in [0.15, 0.2) is 18.3 Å². The Morgan fingerprint density at radius 2 is 1.78 bits per heavy atom. The van der Waals surface area contributed by atoms with Crippen LogP contribution < -0.4 is 0 Å². The van der Waals surface area contributed by atoms with Gasteiger partial charge in [0.15, 0.2) is 11.6 Å². The lowest BCUT2D eigenvalue weighted by Crippen LogP contribution is -2.44. The quantitative estimate of drug-likeness (QED) is 0.374. The zero-order valence-electron chi connectivity index (χ0n) is 26.0. The molecule has 1 saturated heterocycles. The van der Waals surface area contributed by atoms with Gasteiger partial charge in [0, 0.05) is 41.4 Å². The summed E-state index contributed by atoms with van der Waals surface area (Å²) in [5.74, 6) is 0.847. The lowest BCUT2D eigenvalue weighted by atomic mass is 9.79. The topological polar surface area (TPSA) is 76.5 Å². The molecule has 0 N–H and O–H groups in total. The van der Waals surface area contributed by atoms with Gasteiger partial charge in [-0.15, -0.1) is 0 Å². The molecule has 2 bridgehead atoms. The predicted molar refractivity (Wildman–Crippen MR) is 162 cm³/mol. The normalized spacial score (nSPS) is 26.8. The average molecular weight is 561 g/mol. The highest BCUT2D eigenvalue weighted by atomic mass is 16.2. The molecular formula is C35H48N2O4. The fourth-order valence-corrected chi connectivity index (χ4v) is 7.77. The van der Waals surface area contributed by atoms with Crippen LogP contribution in [0.25, 0.3) is 10.9 Å². The molecule has 0 radical (unpaired) electrons. The molecule has 2 aromatic rings. The van der Waals surface area contributed by atoms with Crippen LogP contribution in [0.5, 0.6) is 0 Å². The number of benzene rings is 1. The molecule has 5 rings (SSSR count). The van der Waals surface area contributed by atoms with E-state index in [0.29, 0.717) is 36.5 Å². The third-order valence-corrected chi connectivity index (χ3v) is 10.2. The molecule has 1 aromatic carbocycles. The van der Waals surface area contributed by atoms with Crippen molar-refractivity contribution >= 4 is 34.2 Å². The molecule has 41 heavy (non-hydrogen) atoms. The third kappa shape index (κ3) is 5.68. The minimum atomic E-state index is -0.417. The number of carbonyl (C=O) groups is 4. The average Bonchev–Trinajstić information content (AvgIpc) is 3.31. The second-order valence-electron chi connectivity index (χ2n) is 14.3. The van der Waals surface area contributed by atoms with Crippen LogP contribution in [0.4, 0.5) is 0 Å². The molecule has 6 nitrogen and oxygen atoms in total. The van der Waals surface area contributed by atoms with E-state index in [1.54, 1.807) is 6.92 Å². The van der Waals surface area contributed by atoms with Gasteiger partial charge in [-0.1, -0.05) is 53.5 Å². The Bertz CT molecular complexity index is 1380. The van der Waals surface area contributed by atoms with Gasteiger partial charge in [0.1, 0.15) is 12.3 Å². The van der Waals surface area contributed by atoms with E-state index in [1.165, 1.54) is 11.1 Å². The molecular weight excluding hydrogens is 512 g/mol. The standard InChI is InChI=1S/C35H48N2O4/c1-7-29(39)28-18-35-14-12-31(40)34(5,6)13-10-8-9-11-25-16-24(15-22(2)3)17-26-27(23(4)38)20-36(33(25)26)21-32(41)37(28)30(35)19-35/h16-17,20,22,28,30H,7-15,18-19,21H2,1-6H3/t28-,30+,35-/m0/s1. The highest BCUT2D eigenvalue weighted by Gasteiger charge is 2.66. The number of aromatic nitrogens is 1. The van der Waals surface area contributed by atoms with Crippen molar-refractivity contribution in [1.29, 1.82) is 0 Å². The number of piperidine rings is 1. The lowest BCUT2D eigenvalue weighted by Gasteiger charge is -2.27. The van der Waals surface area contributed by atoms with Crippen LogP contribution in [0, 0.1) is 16.7 Å². The van der Waals surface area contributed by atoms with Gasteiger partial charge in [-0.3, -0.25) is 19.2 Å². The number of Topliss-reactive ketones (excluding diaryl/α,β-unsaturated/α-hetero) is 3. The number of rotatable bonds is 5. The molecule has 1 saturated carbocycles. The lowest BCUT2D eigenvalue weighted by molar-refractivity contribution is -0.139. The summed E-state index contributed by atoms with van der Waals surface area (Å²) >= 11 is 0. The summed E-state index contributed by atoms with van der Waals surface area (Å²) in [6.07, 6.45) is 10.8. The van der Waals surface area contributed by atoms with Crippen LogP contribution in [0.2, 0.25) is 0 Å². The highest BCUT2D eigenvalue weighted by molar-refractivity contribution is 6.08. The third-order valence-electron chi connectivity index (χ3n) is 10.2. The van der Waals surface area contributed by atoms with Gasteiger partial charge in [-0.2, -0.15) is 0 Å². The van der Waals surface area contributed by atoms with Crippen molar-refractivity contribution < 1.29 is 19.2 Å². The minimum Gasteiger partial charge on any atom is -0.337 e. The number of aryl methyl sites for hydroxylation is 1. The number of hydrogen-bond acceptors (Lipinski definition) is 4. The van der Waals surface area contributed by atoms with Crippen molar-refractivity contribution in [1.82, 2.24) is 9.47 Å². The Balaban J connectivity index is 1.59. The molecule has 3 atom stereocenters. The minimum absolute atomic E-state index is 0.00399. The molecule has 0 unspecified atom stereocenters. The summed E-state index contributed by atoms with van der Waals surface area (Å²) < 4.78 is 1.99. The van der Waals surface area contributed by atoms with Crippen LogP contribution in [-0.2, 0) is 33.8 Å². The Labute approximate surface area is 245 Å². The molecule has 6 heteroatoms. The second-order valence-corrected chi connectivity index (χ2v) is 14.3. The Morgan fingerprint density at radius 1 is 1.02 bits per heavy atom. The van der Waals surface area contributed by atoms with Crippen molar-refractivity contribution in [3.8, 4) is 0 Å². The molecule has 0 spiro atoms. The van der Waals surface area contributed by atoms with E-state index in [2.05, 4.69) is 39.8 Å². The van der Waals surface area contributed by atoms with Gasteiger partial charge < -0.3 is 9.47 Å². The fraction of sp³-hybridized carbons (Fsp3) is 0.657. The molecule has 3 heterocycles. The first-order valence-electron chi connectivity index (χ1n) is 15.9. The Hall–Kier alpha value is -2.76. The number of amides is 1. The van der Waals surface area contributed by atoms with Crippen molar-refractivity contribution in [2.45, 2.75) is 131 Å². The SMILES string of the molecule is CCC(=O)[C@@H]1C[C@]23CCC(=O)C(C)(C)CCCCCc4cc(CC(C)C)cc5c(C(C)=O)cn(c45)CC(=O)N1[C@@H]2C3. The van der Waals surface area contributed by atoms with Crippen LogP contribution in [0.3, 0.4) is 0 Å².